The molecule has 0 saturated heterocycles. The fourth-order valence-electron chi connectivity index (χ4n) is 3.78. The maximum atomic E-state index is 12.6. The van der Waals surface area contributed by atoms with Crippen LogP contribution in [-0.4, -0.2) is 11.0 Å². The van der Waals surface area contributed by atoms with Gasteiger partial charge in [0.15, 0.2) is 0 Å². The minimum Gasteiger partial charge on any atom is -0.331 e. The van der Waals surface area contributed by atoms with E-state index in [4.69, 9.17) is 0 Å². The van der Waals surface area contributed by atoms with Gasteiger partial charge < -0.3 is 10.6 Å². The van der Waals surface area contributed by atoms with Gasteiger partial charge in [-0.3, -0.25) is 4.98 Å². The van der Waals surface area contributed by atoms with Gasteiger partial charge in [-0.1, -0.05) is 51.1 Å². The highest BCUT2D eigenvalue weighted by molar-refractivity contribution is 6.01. The Kier molecular flexibility index (Phi) is 4.34. The number of aromatic nitrogens is 1. The first-order valence-corrected chi connectivity index (χ1v) is 9.45. The highest BCUT2D eigenvalue weighted by atomic mass is 16.2. The summed E-state index contributed by atoms with van der Waals surface area (Å²) in [6, 6.07) is 14.3. The molecule has 27 heavy (non-hydrogen) atoms. The van der Waals surface area contributed by atoms with Gasteiger partial charge in [-0.15, -0.1) is 0 Å². The van der Waals surface area contributed by atoms with Crippen molar-refractivity contribution in [3.05, 3.63) is 71.5 Å². The van der Waals surface area contributed by atoms with Crippen LogP contribution in [0.5, 0.6) is 0 Å². The topological polar surface area (TPSA) is 54.0 Å². The monoisotopic (exact) mass is 359 g/mol. The number of nitrogens with one attached hydrogen (secondary N) is 2. The van der Waals surface area contributed by atoms with E-state index in [0.29, 0.717) is 0 Å². The molecule has 2 N–H and O–H groups in total. The molecule has 0 spiro atoms. The molecule has 3 aromatic rings. The Balaban J connectivity index is 1.50. The molecule has 0 saturated carbocycles. The van der Waals surface area contributed by atoms with E-state index >= 15 is 0 Å². The van der Waals surface area contributed by atoms with E-state index in [9.17, 15) is 4.79 Å². The van der Waals surface area contributed by atoms with Crippen molar-refractivity contribution in [2.75, 3.05) is 5.32 Å². The van der Waals surface area contributed by atoms with E-state index in [-0.39, 0.29) is 17.5 Å². The Hall–Kier alpha value is -2.88. The molecule has 4 nitrogen and oxygen atoms in total. The van der Waals surface area contributed by atoms with Crippen LogP contribution in [0.4, 0.5) is 10.5 Å². The SMILES string of the molecule is CC(C)(C)c1ccc2c(c1)CC[C@H]2NC(=O)Nc1cccc2cnccc12. The fraction of sp³-hybridized carbons (Fsp3) is 0.304. The zero-order chi connectivity index (χ0) is 19.0. The van der Waals surface area contributed by atoms with Gasteiger partial charge in [0.25, 0.3) is 0 Å². The zero-order valence-corrected chi connectivity index (χ0v) is 16.0. The first-order valence-electron chi connectivity index (χ1n) is 9.45. The molecule has 0 bridgehead atoms. The fourth-order valence-corrected chi connectivity index (χ4v) is 3.78. The molecule has 1 aliphatic carbocycles. The third-order valence-electron chi connectivity index (χ3n) is 5.32. The number of fused-ring (bicyclic) bond motifs is 2. The number of hydrogen-bond donors (Lipinski definition) is 2. The number of pyridine rings is 1. The molecule has 2 aromatic carbocycles. The number of benzene rings is 2. The number of nitrogens with zero attached hydrogens (tertiary/aromatic N) is 1. The van der Waals surface area contributed by atoms with Gasteiger partial charge in [-0.05, 0) is 47.1 Å². The molecule has 4 rings (SSSR count). The maximum Gasteiger partial charge on any atom is 0.319 e. The minimum atomic E-state index is -0.169. The molecule has 2 amide bonds. The van der Waals surface area contributed by atoms with Crippen LogP contribution in [0.1, 0.15) is 49.9 Å². The van der Waals surface area contributed by atoms with Crippen LogP contribution in [0.3, 0.4) is 0 Å². The molecule has 1 heterocycles. The molecule has 1 aliphatic rings. The summed E-state index contributed by atoms with van der Waals surface area (Å²) in [7, 11) is 0. The molecule has 0 radical (unpaired) electrons. The number of anilines is 1. The van der Waals surface area contributed by atoms with Crippen molar-refractivity contribution in [1.82, 2.24) is 10.3 Å². The van der Waals surface area contributed by atoms with Gasteiger partial charge in [-0.25, -0.2) is 4.79 Å². The molecular formula is C23H25N3O. The highest BCUT2D eigenvalue weighted by Crippen LogP contribution is 2.34. The Labute approximate surface area is 160 Å². The van der Waals surface area contributed by atoms with E-state index in [2.05, 4.69) is 54.6 Å². The van der Waals surface area contributed by atoms with Crippen molar-refractivity contribution in [3.8, 4) is 0 Å². The Morgan fingerprint density at radius 3 is 2.81 bits per heavy atom. The molecule has 0 aliphatic heterocycles. The zero-order valence-electron chi connectivity index (χ0n) is 16.0. The summed E-state index contributed by atoms with van der Waals surface area (Å²) >= 11 is 0. The number of rotatable bonds is 2. The van der Waals surface area contributed by atoms with Gasteiger partial charge in [0.05, 0.1) is 11.7 Å². The first-order chi connectivity index (χ1) is 12.9. The van der Waals surface area contributed by atoms with Crippen molar-refractivity contribution in [1.29, 1.82) is 0 Å². The van der Waals surface area contributed by atoms with Gasteiger partial charge in [0.1, 0.15) is 0 Å². The van der Waals surface area contributed by atoms with Crippen molar-refractivity contribution >= 4 is 22.5 Å². The van der Waals surface area contributed by atoms with Gasteiger partial charge in [-0.2, -0.15) is 0 Å². The van der Waals surface area contributed by atoms with Crippen LogP contribution in [0.2, 0.25) is 0 Å². The van der Waals surface area contributed by atoms with Crippen molar-refractivity contribution in [2.45, 2.75) is 45.1 Å². The Bertz CT molecular complexity index is 999. The summed E-state index contributed by atoms with van der Waals surface area (Å²) in [6.45, 7) is 6.69. The maximum absolute atomic E-state index is 12.6. The summed E-state index contributed by atoms with van der Waals surface area (Å²) in [6.07, 6.45) is 5.49. The number of amides is 2. The number of aryl methyl sites for hydroxylation is 1. The standard InChI is InChI=1S/C23H25N3O/c1-23(2,3)17-8-9-18-15(13-17)7-10-21(18)26-22(27)25-20-6-4-5-16-14-24-12-11-19(16)20/h4-6,8-9,11-14,21H,7,10H2,1-3H3,(H2,25,26,27)/t21-/m1/s1. The smallest absolute Gasteiger partial charge is 0.319 e. The lowest BCUT2D eigenvalue weighted by atomic mass is 9.85. The van der Waals surface area contributed by atoms with Crippen LogP contribution in [0.15, 0.2) is 54.9 Å². The summed E-state index contributed by atoms with van der Waals surface area (Å²) in [5.41, 5.74) is 4.87. The predicted molar refractivity (Wildman–Crippen MR) is 110 cm³/mol. The first kappa shape index (κ1) is 17.5. The molecule has 0 fully saturated rings. The number of carbonyl (C=O) groups excluding carboxylic acids is 1. The normalized spacial score (nSPS) is 16.2. The third kappa shape index (κ3) is 3.52. The molecule has 4 heteroatoms. The second-order valence-corrected chi connectivity index (χ2v) is 8.26. The largest absolute Gasteiger partial charge is 0.331 e. The van der Waals surface area contributed by atoms with Crippen LogP contribution >= 0.6 is 0 Å². The van der Waals surface area contributed by atoms with E-state index in [1.54, 1.807) is 12.4 Å². The van der Waals surface area contributed by atoms with Gasteiger partial charge in [0, 0.05) is 23.2 Å². The lowest BCUT2D eigenvalue weighted by Crippen LogP contribution is -2.31. The average molecular weight is 359 g/mol. The minimum absolute atomic E-state index is 0.0608. The van der Waals surface area contributed by atoms with Crippen molar-refractivity contribution in [3.63, 3.8) is 0 Å². The van der Waals surface area contributed by atoms with Crippen LogP contribution in [0, 0.1) is 0 Å². The number of urea groups is 1. The van der Waals surface area contributed by atoms with Crippen LogP contribution in [-0.2, 0) is 11.8 Å². The second-order valence-electron chi connectivity index (χ2n) is 8.26. The average Bonchev–Trinajstić information content (AvgIpc) is 3.03. The van der Waals surface area contributed by atoms with Gasteiger partial charge >= 0.3 is 6.03 Å². The quantitative estimate of drug-likeness (QED) is 0.649. The van der Waals surface area contributed by atoms with E-state index in [0.717, 1.165) is 29.3 Å². The summed E-state index contributed by atoms with van der Waals surface area (Å²) < 4.78 is 0. The predicted octanol–water partition coefficient (Wildman–Crippen LogP) is 5.34. The third-order valence-corrected chi connectivity index (χ3v) is 5.32. The molecule has 138 valence electrons. The molecular weight excluding hydrogens is 334 g/mol. The number of carbonyl (C=O) groups is 1. The molecule has 1 aromatic heterocycles. The Morgan fingerprint density at radius 2 is 2.00 bits per heavy atom. The highest BCUT2D eigenvalue weighted by Gasteiger charge is 2.26. The van der Waals surface area contributed by atoms with E-state index < -0.39 is 0 Å². The number of hydrogen-bond acceptors (Lipinski definition) is 2. The van der Waals surface area contributed by atoms with E-state index in [1.807, 2.05) is 24.3 Å². The summed E-state index contributed by atoms with van der Waals surface area (Å²) in [5.74, 6) is 0. The van der Waals surface area contributed by atoms with E-state index in [1.165, 1.54) is 16.7 Å². The summed E-state index contributed by atoms with van der Waals surface area (Å²) in [5, 5.41) is 8.14. The summed E-state index contributed by atoms with van der Waals surface area (Å²) in [4.78, 5) is 16.7. The molecule has 0 unspecified atom stereocenters. The van der Waals surface area contributed by atoms with Crippen molar-refractivity contribution in [2.24, 2.45) is 0 Å². The second kappa shape index (κ2) is 6.69. The Morgan fingerprint density at radius 1 is 1.15 bits per heavy atom. The lowest BCUT2D eigenvalue weighted by Gasteiger charge is -2.21. The van der Waals surface area contributed by atoms with Crippen molar-refractivity contribution < 1.29 is 4.79 Å². The van der Waals surface area contributed by atoms with Crippen LogP contribution in [0.25, 0.3) is 10.8 Å². The lowest BCUT2D eigenvalue weighted by molar-refractivity contribution is 0.248. The van der Waals surface area contributed by atoms with Crippen LogP contribution < -0.4 is 10.6 Å². The van der Waals surface area contributed by atoms with Gasteiger partial charge in [0.2, 0.25) is 0 Å². The molecule has 1 atom stereocenters.